The number of Topliss-reactive ketones (excluding diaryl/α,β-unsaturated/α-hetero) is 1. The summed E-state index contributed by atoms with van der Waals surface area (Å²) >= 11 is 0. The van der Waals surface area contributed by atoms with E-state index in [0.29, 0.717) is 5.69 Å². The van der Waals surface area contributed by atoms with Crippen LogP contribution in [-0.4, -0.2) is 29.4 Å². The summed E-state index contributed by atoms with van der Waals surface area (Å²) in [5.41, 5.74) is 0.545. The standard InChI is InChI=1S/C16H14FN3O3/c1-2-23-16(22)14(20-19-13-4-3-9-18-10-13)15(21)11-5-7-12(17)8-6-11/h3-10,14H,2H2,1H3/t14-/m0/s1. The van der Waals surface area contributed by atoms with E-state index in [4.69, 9.17) is 4.74 Å². The molecule has 0 aliphatic carbocycles. The molecule has 0 spiro atoms. The Morgan fingerprint density at radius 3 is 2.61 bits per heavy atom. The Balaban J connectivity index is 2.26. The van der Waals surface area contributed by atoms with Crippen molar-refractivity contribution >= 4 is 17.4 Å². The van der Waals surface area contributed by atoms with Gasteiger partial charge in [-0.25, -0.2) is 9.18 Å². The molecule has 2 aromatic rings. The van der Waals surface area contributed by atoms with Crippen molar-refractivity contribution in [1.82, 2.24) is 4.98 Å². The van der Waals surface area contributed by atoms with Gasteiger partial charge in [0.2, 0.25) is 11.8 Å². The normalized spacial score (nSPS) is 12.1. The summed E-state index contributed by atoms with van der Waals surface area (Å²) in [5.74, 6) is -1.91. The number of ketones is 1. The van der Waals surface area contributed by atoms with E-state index in [1.54, 1.807) is 25.3 Å². The SMILES string of the molecule is CCOC(=O)[C@@H](N=Nc1cccnc1)C(=O)c1ccc(F)cc1. The van der Waals surface area contributed by atoms with Crippen molar-refractivity contribution in [2.75, 3.05) is 6.61 Å². The zero-order valence-corrected chi connectivity index (χ0v) is 12.3. The summed E-state index contributed by atoms with van der Waals surface area (Å²) in [6.45, 7) is 1.73. The van der Waals surface area contributed by atoms with Crippen molar-refractivity contribution < 1.29 is 18.7 Å². The van der Waals surface area contributed by atoms with Gasteiger partial charge in [0.15, 0.2) is 0 Å². The van der Waals surface area contributed by atoms with Crippen LogP contribution < -0.4 is 0 Å². The van der Waals surface area contributed by atoms with Crippen molar-refractivity contribution in [1.29, 1.82) is 0 Å². The van der Waals surface area contributed by atoms with Crippen LogP contribution in [0.1, 0.15) is 17.3 Å². The second kappa shape index (κ2) is 7.88. The lowest BCUT2D eigenvalue weighted by Crippen LogP contribution is -2.30. The molecule has 0 amide bonds. The smallest absolute Gasteiger partial charge is 0.341 e. The summed E-state index contributed by atoms with van der Waals surface area (Å²) < 4.78 is 17.8. The Morgan fingerprint density at radius 1 is 1.26 bits per heavy atom. The lowest BCUT2D eigenvalue weighted by Gasteiger charge is -2.09. The summed E-state index contributed by atoms with van der Waals surface area (Å²) in [4.78, 5) is 28.2. The molecule has 0 aliphatic heterocycles. The van der Waals surface area contributed by atoms with Gasteiger partial charge in [-0.15, -0.1) is 0 Å². The van der Waals surface area contributed by atoms with Gasteiger partial charge in [0.1, 0.15) is 11.5 Å². The highest BCUT2D eigenvalue weighted by atomic mass is 19.1. The number of halogens is 1. The third kappa shape index (κ3) is 4.50. The zero-order chi connectivity index (χ0) is 16.7. The van der Waals surface area contributed by atoms with Crippen molar-refractivity contribution in [3.63, 3.8) is 0 Å². The number of ether oxygens (including phenoxy) is 1. The Kier molecular flexibility index (Phi) is 5.62. The van der Waals surface area contributed by atoms with Crippen molar-refractivity contribution in [3.05, 3.63) is 60.2 Å². The minimum Gasteiger partial charge on any atom is -0.464 e. The third-order valence-electron chi connectivity index (χ3n) is 2.82. The average molecular weight is 315 g/mol. The Bertz CT molecular complexity index is 702. The minimum absolute atomic E-state index is 0.106. The topological polar surface area (TPSA) is 81.0 Å². The Morgan fingerprint density at radius 2 is 2.00 bits per heavy atom. The molecule has 0 fully saturated rings. The molecule has 7 heteroatoms. The first-order valence-corrected chi connectivity index (χ1v) is 6.89. The molecular weight excluding hydrogens is 301 g/mol. The fraction of sp³-hybridized carbons (Fsp3) is 0.188. The molecule has 1 heterocycles. The molecule has 6 nitrogen and oxygen atoms in total. The largest absolute Gasteiger partial charge is 0.464 e. The number of carbonyl (C=O) groups excluding carboxylic acids is 2. The molecule has 118 valence electrons. The summed E-state index contributed by atoms with van der Waals surface area (Å²) in [6, 6.07) is 6.66. The van der Waals surface area contributed by atoms with E-state index in [2.05, 4.69) is 15.2 Å². The van der Waals surface area contributed by atoms with Crippen LogP contribution in [0.15, 0.2) is 59.0 Å². The van der Waals surface area contributed by atoms with Crippen LogP contribution in [0.4, 0.5) is 10.1 Å². The molecule has 0 unspecified atom stereocenters. The van der Waals surface area contributed by atoms with Crippen LogP contribution in [-0.2, 0) is 9.53 Å². The number of azo groups is 1. The molecule has 0 saturated heterocycles. The van der Waals surface area contributed by atoms with E-state index in [1.807, 2.05) is 0 Å². The number of benzene rings is 1. The van der Waals surface area contributed by atoms with Gasteiger partial charge >= 0.3 is 5.97 Å². The van der Waals surface area contributed by atoms with Gasteiger partial charge in [0.05, 0.1) is 12.8 Å². The van der Waals surface area contributed by atoms with E-state index < -0.39 is 23.6 Å². The van der Waals surface area contributed by atoms with E-state index in [1.165, 1.54) is 18.3 Å². The monoisotopic (exact) mass is 315 g/mol. The zero-order valence-electron chi connectivity index (χ0n) is 12.3. The summed E-state index contributed by atoms with van der Waals surface area (Å²) in [6.07, 6.45) is 3.00. The first-order chi connectivity index (χ1) is 11.1. The van der Waals surface area contributed by atoms with Crippen molar-refractivity contribution in [2.24, 2.45) is 10.2 Å². The predicted molar refractivity (Wildman–Crippen MR) is 79.9 cm³/mol. The van der Waals surface area contributed by atoms with E-state index >= 15 is 0 Å². The van der Waals surface area contributed by atoms with Crippen LogP contribution in [0.25, 0.3) is 0 Å². The highest BCUT2D eigenvalue weighted by Gasteiger charge is 2.29. The molecule has 0 saturated carbocycles. The number of hydrogen-bond donors (Lipinski definition) is 0. The van der Waals surface area contributed by atoms with Crippen LogP contribution in [0.5, 0.6) is 0 Å². The summed E-state index contributed by atoms with van der Waals surface area (Å²) in [5, 5.41) is 7.62. The van der Waals surface area contributed by atoms with Crippen LogP contribution in [0.2, 0.25) is 0 Å². The van der Waals surface area contributed by atoms with Crippen LogP contribution in [0, 0.1) is 5.82 Å². The van der Waals surface area contributed by atoms with E-state index in [-0.39, 0.29) is 12.2 Å². The van der Waals surface area contributed by atoms with Crippen molar-refractivity contribution in [3.8, 4) is 0 Å². The number of pyridine rings is 1. The number of rotatable bonds is 6. The highest BCUT2D eigenvalue weighted by Crippen LogP contribution is 2.14. The molecule has 1 aromatic heterocycles. The molecule has 2 rings (SSSR count). The lowest BCUT2D eigenvalue weighted by atomic mass is 10.1. The number of aromatic nitrogens is 1. The van der Waals surface area contributed by atoms with E-state index in [0.717, 1.165) is 12.1 Å². The number of esters is 1. The van der Waals surface area contributed by atoms with Crippen LogP contribution in [0.3, 0.4) is 0 Å². The van der Waals surface area contributed by atoms with Gasteiger partial charge in [0.25, 0.3) is 0 Å². The van der Waals surface area contributed by atoms with Gasteiger partial charge in [-0.1, -0.05) is 0 Å². The van der Waals surface area contributed by atoms with Gasteiger partial charge in [-0.2, -0.15) is 10.2 Å². The van der Waals surface area contributed by atoms with Gasteiger partial charge < -0.3 is 4.74 Å². The van der Waals surface area contributed by atoms with Gasteiger partial charge in [-0.3, -0.25) is 9.78 Å². The van der Waals surface area contributed by atoms with Gasteiger partial charge in [-0.05, 0) is 43.3 Å². The second-order valence-corrected chi connectivity index (χ2v) is 4.45. The Hall–Kier alpha value is -2.96. The molecule has 23 heavy (non-hydrogen) atoms. The molecule has 0 radical (unpaired) electrons. The number of hydrogen-bond acceptors (Lipinski definition) is 6. The molecule has 1 atom stereocenters. The first kappa shape index (κ1) is 16.4. The average Bonchev–Trinajstić information content (AvgIpc) is 2.56. The Labute approximate surface area is 132 Å². The lowest BCUT2D eigenvalue weighted by molar-refractivity contribution is -0.143. The van der Waals surface area contributed by atoms with Gasteiger partial charge in [0, 0.05) is 11.8 Å². The fourth-order valence-corrected chi connectivity index (χ4v) is 1.74. The fourth-order valence-electron chi connectivity index (χ4n) is 1.74. The van der Waals surface area contributed by atoms with Crippen molar-refractivity contribution in [2.45, 2.75) is 13.0 Å². The minimum atomic E-state index is -1.44. The predicted octanol–water partition coefficient (Wildman–Crippen LogP) is 3.12. The molecule has 1 aromatic carbocycles. The number of nitrogens with zero attached hydrogens (tertiary/aromatic N) is 3. The second-order valence-electron chi connectivity index (χ2n) is 4.45. The number of carbonyl (C=O) groups is 2. The first-order valence-electron chi connectivity index (χ1n) is 6.89. The molecule has 0 bridgehead atoms. The highest BCUT2D eigenvalue weighted by molar-refractivity contribution is 6.12. The quantitative estimate of drug-likeness (QED) is 0.355. The molecule has 0 aliphatic rings. The molecular formula is C16H14FN3O3. The van der Waals surface area contributed by atoms with E-state index in [9.17, 15) is 14.0 Å². The maximum absolute atomic E-state index is 12.9. The maximum atomic E-state index is 12.9. The summed E-state index contributed by atoms with van der Waals surface area (Å²) in [7, 11) is 0. The molecule has 0 N–H and O–H groups in total. The maximum Gasteiger partial charge on any atom is 0.341 e. The van der Waals surface area contributed by atoms with Crippen LogP contribution >= 0.6 is 0 Å². The third-order valence-corrected chi connectivity index (χ3v) is 2.82.